The summed E-state index contributed by atoms with van der Waals surface area (Å²) >= 11 is 0. The number of nitrogens with two attached hydrogens (primary N) is 1. The van der Waals surface area contributed by atoms with Gasteiger partial charge < -0.3 is 16.0 Å². The average Bonchev–Trinajstić information content (AvgIpc) is 3.23. The van der Waals surface area contributed by atoms with Gasteiger partial charge in [-0.3, -0.25) is 14.5 Å². The molecule has 2 aliphatic rings. The fourth-order valence-electron chi connectivity index (χ4n) is 3.51. The van der Waals surface area contributed by atoms with Gasteiger partial charge in [0.15, 0.2) is 0 Å². The highest BCUT2D eigenvalue weighted by atomic mass is 16.2. The fourth-order valence-corrected chi connectivity index (χ4v) is 3.51. The second-order valence-electron chi connectivity index (χ2n) is 6.38. The van der Waals surface area contributed by atoms with Crippen LogP contribution in [0, 0.1) is 0 Å². The van der Waals surface area contributed by atoms with Crippen LogP contribution in [0.1, 0.15) is 11.3 Å². The predicted molar refractivity (Wildman–Crippen MR) is 90.9 cm³/mol. The number of likely N-dealkylation sites (N-methyl/N-ethyl adjacent to an activating group) is 1. The second-order valence-corrected chi connectivity index (χ2v) is 6.38. The molecule has 0 radical (unpaired) electrons. The van der Waals surface area contributed by atoms with Gasteiger partial charge in [-0.25, -0.2) is 0 Å². The number of hydrogen-bond donors (Lipinski definition) is 3. The quantitative estimate of drug-likeness (QED) is 0.669. The molecule has 2 aliphatic heterocycles. The molecule has 130 valence electrons. The molecule has 0 unspecified atom stereocenters. The molecule has 2 amide bonds. The maximum atomic E-state index is 12.8. The van der Waals surface area contributed by atoms with E-state index in [1.165, 1.54) is 0 Å². The van der Waals surface area contributed by atoms with Crippen molar-refractivity contribution in [1.29, 1.82) is 0 Å². The SMILES string of the molecule is CN1C[C@H](N)C(=O)N2c3c(cccc31)C[C@@H]2C(=O)NCc1cn[nH]n1. The van der Waals surface area contributed by atoms with Gasteiger partial charge >= 0.3 is 0 Å². The van der Waals surface area contributed by atoms with Crippen LogP contribution in [0.25, 0.3) is 0 Å². The maximum absolute atomic E-state index is 12.8. The normalized spacial score (nSPS) is 21.9. The molecule has 3 heterocycles. The Labute approximate surface area is 144 Å². The number of amides is 2. The minimum Gasteiger partial charge on any atom is -0.371 e. The van der Waals surface area contributed by atoms with Gasteiger partial charge in [0.1, 0.15) is 17.8 Å². The summed E-state index contributed by atoms with van der Waals surface area (Å²) in [5.41, 5.74) is 9.39. The molecule has 1 aromatic heterocycles. The summed E-state index contributed by atoms with van der Waals surface area (Å²) in [6.45, 7) is 0.669. The standard InChI is InChI=1S/C16H19N7O2/c1-22-8-11(17)16(25)23-13(5-9-3-2-4-12(22)14(9)23)15(24)18-6-10-7-19-21-20-10/h2-4,7,11,13H,5-6,8,17H2,1H3,(H,18,24)(H,19,20,21)/t11-,13+/m0/s1. The number of nitrogens with one attached hydrogen (secondary N) is 2. The molecular formula is C16H19N7O2. The van der Waals surface area contributed by atoms with E-state index in [0.29, 0.717) is 18.7 Å². The number of carbonyl (C=O) groups excluding carboxylic acids is 2. The Kier molecular flexibility index (Phi) is 3.65. The van der Waals surface area contributed by atoms with Crippen LogP contribution < -0.4 is 20.9 Å². The molecule has 4 N–H and O–H groups in total. The molecule has 2 aromatic rings. The Hall–Kier alpha value is -2.94. The molecule has 0 fully saturated rings. The van der Waals surface area contributed by atoms with E-state index in [1.54, 1.807) is 11.1 Å². The molecule has 1 aromatic carbocycles. The van der Waals surface area contributed by atoms with Crippen LogP contribution in [0.4, 0.5) is 11.4 Å². The zero-order valence-corrected chi connectivity index (χ0v) is 13.8. The van der Waals surface area contributed by atoms with E-state index in [4.69, 9.17) is 5.73 Å². The molecule has 25 heavy (non-hydrogen) atoms. The lowest BCUT2D eigenvalue weighted by Gasteiger charge is -2.25. The third kappa shape index (κ3) is 2.52. The summed E-state index contributed by atoms with van der Waals surface area (Å²) in [5.74, 6) is -0.451. The Bertz CT molecular complexity index is 820. The van der Waals surface area contributed by atoms with Crippen LogP contribution >= 0.6 is 0 Å². The number of carbonyl (C=O) groups is 2. The topological polar surface area (TPSA) is 120 Å². The van der Waals surface area contributed by atoms with Crippen LogP contribution in [-0.2, 0) is 22.6 Å². The van der Waals surface area contributed by atoms with Crippen molar-refractivity contribution in [2.75, 3.05) is 23.4 Å². The van der Waals surface area contributed by atoms with Crippen molar-refractivity contribution >= 4 is 23.2 Å². The number of anilines is 2. The van der Waals surface area contributed by atoms with Crippen LogP contribution in [-0.4, -0.2) is 52.9 Å². The largest absolute Gasteiger partial charge is 0.371 e. The average molecular weight is 341 g/mol. The number of hydrogen-bond acceptors (Lipinski definition) is 6. The first-order valence-electron chi connectivity index (χ1n) is 8.10. The number of para-hydroxylation sites is 1. The monoisotopic (exact) mass is 341 g/mol. The smallest absolute Gasteiger partial charge is 0.246 e. The highest BCUT2D eigenvalue weighted by Gasteiger charge is 2.43. The van der Waals surface area contributed by atoms with Gasteiger partial charge in [0.25, 0.3) is 0 Å². The first-order valence-corrected chi connectivity index (χ1v) is 8.10. The summed E-state index contributed by atoms with van der Waals surface area (Å²) in [6, 6.07) is 4.57. The van der Waals surface area contributed by atoms with E-state index in [1.807, 2.05) is 30.1 Å². The third-order valence-corrected chi connectivity index (χ3v) is 4.71. The van der Waals surface area contributed by atoms with Gasteiger partial charge in [-0.1, -0.05) is 12.1 Å². The van der Waals surface area contributed by atoms with E-state index < -0.39 is 12.1 Å². The first kappa shape index (κ1) is 15.6. The van der Waals surface area contributed by atoms with Gasteiger partial charge in [0, 0.05) is 20.0 Å². The number of benzene rings is 1. The van der Waals surface area contributed by atoms with Gasteiger partial charge in [0.2, 0.25) is 11.8 Å². The van der Waals surface area contributed by atoms with Gasteiger partial charge in [-0.15, -0.1) is 0 Å². The minimum atomic E-state index is -0.672. The summed E-state index contributed by atoms with van der Waals surface area (Å²) in [7, 11) is 1.91. The highest BCUT2D eigenvalue weighted by molar-refractivity contribution is 6.09. The van der Waals surface area contributed by atoms with Crippen molar-refractivity contribution in [2.45, 2.75) is 25.0 Å². The van der Waals surface area contributed by atoms with Crippen molar-refractivity contribution in [3.63, 3.8) is 0 Å². The Morgan fingerprint density at radius 1 is 1.48 bits per heavy atom. The van der Waals surface area contributed by atoms with Crippen LogP contribution in [0.3, 0.4) is 0 Å². The van der Waals surface area contributed by atoms with Crippen molar-refractivity contribution < 1.29 is 9.59 Å². The predicted octanol–water partition coefficient (Wildman–Crippen LogP) is -0.844. The van der Waals surface area contributed by atoms with Crippen molar-refractivity contribution in [3.8, 4) is 0 Å². The van der Waals surface area contributed by atoms with E-state index in [2.05, 4.69) is 20.7 Å². The van der Waals surface area contributed by atoms with Gasteiger partial charge in [0.05, 0.1) is 24.1 Å². The molecule has 0 spiro atoms. The van der Waals surface area contributed by atoms with Crippen molar-refractivity contribution in [1.82, 2.24) is 20.7 Å². The molecule has 0 saturated carbocycles. The number of rotatable bonds is 3. The molecule has 0 bridgehead atoms. The lowest BCUT2D eigenvalue weighted by Crippen LogP contribution is -2.53. The summed E-state index contributed by atoms with van der Waals surface area (Å²) in [5, 5.41) is 13.0. The molecule has 0 aliphatic carbocycles. The number of aromatic nitrogens is 3. The Morgan fingerprint density at radius 3 is 3.08 bits per heavy atom. The maximum Gasteiger partial charge on any atom is 0.246 e. The molecule has 2 atom stereocenters. The van der Waals surface area contributed by atoms with E-state index in [9.17, 15) is 9.59 Å². The van der Waals surface area contributed by atoms with E-state index in [0.717, 1.165) is 16.9 Å². The number of aromatic amines is 1. The lowest BCUT2D eigenvalue weighted by atomic mass is 10.1. The number of nitrogens with zero attached hydrogens (tertiary/aromatic N) is 4. The first-order chi connectivity index (χ1) is 12.1. The van der Waals surface area contributed by atoms with E-state index >= 15 is 0 Å². The molecule has 4 rings (SSSR count). The number of H-pyrrole nitrogens is 1. The van der Waals surface area contributed by atoms with Crippen molar-refractivity contribution in [2.24, 2.45) is 5.73 Å². The zero-order valence-electron chi connectivity index (χ0n) is 13.8. The summed E-state index contributed by atoms with van der Waals surface area (Å²) < 4.78 is 0. The molecule has 0 saturated heterocycles. The van der Waals surface area contributed by atoms with Crippen LogP contribution in [0.15, 0.2) is 24.4 Å². The summed E-state index contributed by atoms with van der Waals surface area (Å²) in [4.78, 5) is 29.1. The van der Waals surface area contributed by atoms with Gasteiger partial charge in [-0.05, 0) is 11.6 Å². The van der Waals surface area contributed by atoms with Crippen LogP contribution in [0.5, 0.6) is 0 Å². The second kappa shape index (κ2) is 5.85. The van der Waals surface area contributed by atoms with Gasteiger partial charge in [-0.2, -0.15) is 15.4 Å². The summed E-state index contributed by atoms with van der Waals surface area (Å²) in [6.07, 6.45) is 2.02. The minimum absolute atomic E-state index is 0.225. The van der Waals surface area contributed by atoms with Crippen LogP contribution in [0.2, 0.25) is 0 Å². The molecule has 9 nitrogen and oxygen atoms in total. The highest BCUT2D eigenvalue weighted by Crippen LogP contribution is 2.42. The lowest BCUT2D eigenvalue weighted by molar-refractivity contribution is -0.126. The molecular weight excluding hydrogens is 322 g/mol. The third-order valence-electron chi connectivity index (χ3n) is 4.71. The van der Waals surface area contributed by atoms with E-state index in [-0.39, 0.29) is 18.4 Å². The zero-order chi connectivity index (χ0) is 17.6. The Morgan fingerprint density at radius 2 is 2.32 bits per heavy atom. The fraction of sp³-hybridized carbons (Fsp3) is 0.375. The Balaban J connectivity index is 1.64. The van der Waals surface area contributed by atoms with Crippen molar-refractivity contribution in [3.05, 3.63) is 35.7 Å². The molecule has 9 heteroatoms.